The molecule has 3 atom stereocenters. The average Bonchev–Trinajstić information content (AvgIpc) is 2.50. The van der Waals surface area contributed by atoms with E-state index in [-0.39, 0.29) is 5.41 Å². The van der Waals surface area contributed by atoms with Gasteiger partial charge in [0.1, 0.15) is 5.78 Å². The van der Waals surface area contributed by atoms with Crippen molar-refractivity contribution < 1.29 is 4.79 Å². The molecule has 0 aromatic heterocycles. The zero-order chi connectivity index (χ0) is 9.05. The maximum absolute atomic E-state index is 12.0. The SMILES string of the molecule is C=C1C2CCCC(=O)C23CCCC13. The number of Topliss-reactive ketones (excluding diaryl/α,β-unsaturated/α-hetero) is 1. The predicted octanol–water partition coefficient (Wildman–Crippen LogP) is 2.71. The molecule has 3 unspecified atom stereocenters. The van der Waals surface area contributed by atoms with E-state index in [1.165, 1.54) is 31.3 Å². The maximum Gasteiger partial charge on any atom is 0.140 e. The first-order chi connectivity index (χ1) is 6.27. The minimum Gasteiger partial charge on any atom is -0.299 e. The fourth-order valence-corrected chi connectivity index (χ4v) is 4.11. The molecule has 0 bridgehead atoms. The summed E-state index contributed by atoms with van der Waals surface area (Å²) in [6.07, 6.45) is 6.85. The van der Waals surface area contributed by atoms with Gasteiger partial charge in [-0.1, -0.05) is 18.6 Å². The third-order valence-electron chi connectivity index (χ3n) is 4.64. The van der Waals surface area contributed by atoms with E-state index in [1.54, 1.807) is 0 Å². The lowest BCUT2D eigenvalue weighted by atomic mass is 9.46. The van der Waals surface area contributed by atoms with E-state index in [0.717, 1.165) is 12.8 Å². The standard InChI is InChI=1S/C12H16O/c1-8-9-4-2-6-11(13)12(9)7-3-5-10(8)12/h9-10H,1-7H2. The Bertz CT molecular complexity index is 291. The van der Waals surface area contributed by atoms with E-state index >= 15 is 0 Å². The highest BCUT2D eigenvalue weighted by molar-refractivity contribution is 5.89. The Morgan fingerprint density at radius 1 is 1.23 bits per heavy atom. The Hall–Kier alpha value is -0.590. The molecule has 70 valence electrons. The van der Waals surface area contributed by atoms with Crippen LogP contribution in [-0.2, 0) is 4.79 Å². The van der Waals surface area contributed by atoms with Crippen LogP contribution in [0, 0.1) is 17.3 Å². The summed E-state index contributed by atoms with van der Waals surface area (Å²) in [5.74, 6) is 1.74. The largest absolute Gasteiger partial charge is 0.299 e. The van der Waals surface area contributed by atoms with E-state index in [9.17, 15) is 4.79 Å². The van der Waals surface area contributed by atoms with Crippen molar-refractivity contribution in [3.63, 3.8) is 0 Å². The zero-order valence-electron chi connectivity index (χ0n) is 8.01. The molecule has 0 N–H and O–H groups in total. The van der Waals surface area contributed by atoms with E-state index in [2.05, 4.69) is 6.58 Å². The molecule has 1 heteroatoms. The van der Waals surface area contributed by atoms with Gasteiger partial charge in [-0.15, -0.1) is 0 Å². The Morgan fingerprint density at radius 3 is 2.69 bits per heavy atom. The summed E-state index contributed by atoms with van der Waals surface area (Å²) in [5, 5.41) is 0. The number of carbonyl (C=O) groups is 1. The molecule has 0 aliphatic heterocycles. The molecule has 0 amide bonds. The highest BCUT2D eigenvalue weighted by Crippen LogP contribution is 2.67. The van der Waals surface area contributed by atoms with Crippen LogP contribution in [0.15, 0.2) is 12.2 Å². The van der Waals surface area contributed by atoms with Crippen molar-refractivity contribution in [1.82, 2.24) is 0 Å². The molecular weight excluding hydrogens is 160 g/mol. The van der Waals surface area contributed by atoms with Gasteiger partial charge in [0.15, 0.2) is 0 Å². The molecule has 3 aliphatic rings. The third kappa shape index (κ3) is 0.685. The third-order valence-corrected chi connectivity index (χ3v) is 4.64. The maximum atomic E-state index is 12.0. The molecule has 3 aliphatic carbocycles. The van der Waals surface area contributed by atoms with Crippen molar-refractivity contribution in [3.8, 4) is 0 Å². The van der Waals surface area contributed by atoms with Crippen molar-refractivity contribution in [2.75, 3.05) is 0 Å². The fraction of sp³-hybridized carbons (Fsp3) is 0.750. The van der Waals surface area contributed by atoms with E-state index in [4.69, 9.17) is 0 Å². The van der Waals surface area contributed by atoms with Gasteiger partial charge in [0, 0.05) is 11.8 Å². The number of allylic oxidation sites excluding steroid dienone is 1. The van der Waals surface area contributed by atoms with Gasteiger partial charge in [0.25, 0.3) is 0 Å². The summed E-state index contributed by atoms with van der Waals surface area (Å²) >= 11 is 0. The van der Waals surface area contributed by atoms with Crippen LogP contribution < -0.4 is 0 Å². The molecule has 13 heavy (non-hydrogen) atoms. The number of carbonyl (C=O) groups excluding carboxylic acids is 1. The minimum absolute atomic E-state index is 0.120. The summed E-state index contributed by atoms with van der Waals surface area (Å²) < 4.78 is 0. The molecule has 3 rings (SSSR count). The second-order valence-corrected chi connectivity index (χ2v) is 4.93. The topological polar surface area (TPSA) is 17.1 Å². The normalized spacial score (nSPS) is 48.3. The van der Waals surface area contributed by atoms with E-state index in [1.807, 2.05) is 0 Å². The second-order valence-electron chi connectivity index (χ2n) is 4.93. The van der Waals surface area contributed by atoms with Crippen LogP contribution >= 0.6 is 0 Å². The average molecular weight is 176 g/mol. The lowest BCUT2D eigenvalue weighted by Gasteiger charge is -2.56. The number of hydrogen-bond donors (Lipinski definition) is 0. The van der Waals surface area contributed by atoms with Crippen LogP contribution in [0.3, 0.4) is 0 Å². The van der Waals surface area contributed by atoms with Crippen LogP contribution in [0.4, 0.5) is 0 Å². The van der Waals surface area contributed by atoms with Gasteiger partial charge >= 0.3 is 0 Å². The van der Waals surface area contributed by atoms with Crippen LogP contribution in [0.1, 0.15) is 38.5 Å². The molecule has 1 spiro atoms. The Kier molecular flexibility index (Phi) is 1.35. The number of hydrogen-bond acceptors (Lipinski definition) is 1. The van der Waals surface area contributed by atoms with Crippen molar-refractivity contribution in [2.45, 2.75) is 38.5 Å². The highest BCUT2D eigenvalue weighted by atomic mass is 16.1. The first-order valence-electron chi connectivity index (χ1n) is 5.49. The Labute approximate surface area is 79.2 Å². The van der Waals surface area contributed by atoms with Crippen molar-refractivity contribution >= 4 is 5.78 Å². The zero-order valence-corrected chi connectivity index (χ0v) is 8.01. The summed E-state index contributed by atoms with van der Waals surface area (Å²) in [5.41, 5.74) is 1.53. The molecule has 3 saturated carbocycles. The molecular formula is C12H16O. The minimum atomic E-state index is 0.120. The number of rotatable bonds is 0. The summed E-state index contributed by atoms with van der Waals surface area (Å²) in [6, 6.07) is 0. The van der Waals surface area contributed by atoms with Crippen molar-refractivity contribution in [1.29, 1.82) is 0 Å². The first kappa shape index (κ1) is 7.78. The lowest BCUT2D eigenvalue weighted by Crippen LogP contribution is -2.55. The molecule has 0 saturated heterocycles. The summed E-state index contributed by atoms with van der Waals surface area (Å²) in [4.78, 5) is 12.0. The van der Waals surface area contributed by atoms with Crippen LogP contribution in [0.5, 0.6) is 0 Å². The van der Waals surface area contributed by atoms with Gasteiger partial charge in [0.05, 0.1) is 0 Å². The van der Waals surface area contributed by atoms with Crippen LogP contribution in [0.2, 0.25) is 0 Å². The number of ketones is 1. The quantitative estimate of drug-likeness (QED) is 0.519. The second kappa shape index (κ2) is 2.26. The summed E-state index contributed by atoms with van der Waals surface area (Å²) in [7, 11) is 0. The molecule has 1 nitrogen and oxygen atoms in total. The van der Waals surface area contributed by atoms with Gasteiger partial charge in [-0.05, 0) is 37.5 Å². The van der Waals surface area contributed by atoms with Crippen molar-refractivity contribution in [2.24, 2.45) is 17.3 Å². The first-order valence-corrected chi connectivity index (χ1v) is 5.49. The monoisotopic (exact) mass is 176 g/mol. The highest BCUT2D eigenvalue weighted by Gasteiger charge is 2.64. The van der Waals surface area contributed by atoms with E-state index in [0.29, 0.717) is 17.6 Å². The Balaban J connectivity index is 2.03. The summed E-state index contributed by atoms with van der Waals surface area (Å²) in [6.45, 7) is 4.16. The van der Waals surface area contributed by atoms with Gasteiger partial charge < -0.3 is 0 Å². The lowest BCUT2D eigenvalue weighted by molar-refractivity contribution is -0.142. The smallest absolute Gasteiger partial charge is 0.140 e. The van der Waals surface area contributed by atoms with Gasteiger partial charge in [-0.2, -0.15) is 0 Å². The molecule has 0 aromatic rings. The Morgan fingerprint density at radius 2 is 1.92 bits per heavy atom. The van der Waals surface area contributed by atoms with Gasteiger partial charge in [-0.25, -0.2) is 0 Å². The fourth-order valence-electron chi connectivity index (χ4n) is 4.11. The molecule has 0 aromatic carbocycles. The van der Waals surface area contributed by atoms with Crippen LogP contribution in [-0.4, -0.2) is 5.78 Å². The molecule has 3 fully saturated rings. The molecule has 0 heterocycles. The molecule has 0 radical (unpaired) electrons. The van der Waals surface area contributed by atoms with Crippen LogP contribution in [0.25, 0.3) is 0 Å². The van der Waals surface area contributed by atoms with Gasteiger partial charge in [0.2, 0.25) is 0 Å². The van der Waals surface area contributed by atoms with Gasteiger partial charge in [-0.3, -0.25) is 4.79 Å². The predicted molar refractivity (Wildman–Crippen MR) is 51.3 cm³/mol. The van der Waals surface area contributed by atoms with E-state index < -0.39 is 0 Å². The van der Waals surface area contributed by atoms with Crippen molar-refractivity contribution in [3.05, 3.63) is 12.2 Å².